The zero-order valence-corrected chi connectivity index (χ0v) is 20.8. The molecule has 0 aliphatic carbocycles. The van der Waals surface area contributed by atoms with Gasteiger partial charge in [0.1, 0.15) is 23.9 Å². The zero-order chi connectivity index (χ0) is 25.3. The molecule has 0 bridgehead atoms. The van der Waals surface area contributed by atoms with E-state index in [1.807, 2.05) is 54.6 Å². The lowest BCUT2D eigenvalue weighted by Gasteiger charge is -2.12. The Hall–Kier alpha value is -4.20. The highest BCUT2D eigenvalue weighted by atomic mass is 16.5. The first-order chi connectivity index (χ1) is 17.6. The molecule has 1 amide bonds. The third kappa shape index (κ3) is 6.07. The van der Waals surface area contributed by atoms with Gasteiger partial charge in [-0.3, -0.25) is 4.79 Å². The van der Waals surface area contributed by atoms with Gasteiger partial charge in [0.25, 0.3) is 0 Å². The number of amides is 1. The summed E-state index contributed by atoms with van der Waals surface area (Å²) in [6.45, 7) is 1.61. The fourth-order valence-electron chi connectivity index (χ4n) is 4.04. The van der Waals surface area contributed by atoms with Crippen LogP contribution in [0.4, 0.5) is 0 Å². The predicted molar refractivity (Wildman–Crippen MR) is 138 cm³/mol. The number of aromatic nitrogens is 2. The Balaban J connectivity index is 1.35. The van der Waals surface area contributed by atoms with Crippen LogP contribution in [0.3, 0.4) is 0 Å². The Morgan fingerprint density at radius 3 is 2.39 bits per heavy atom. The zero-order valence-electron chi connectivity index (χ0n) is 20.8. The van der Waals surface area contributed by atoms with E-state index in [1.165, 1.54) is 0 Å². The van der Waals surface area contributed by atoms with Crippen molar-refractivity contribution in [2.75, 3.05) is 34.5 Å². The number of para-hydroxylation sites is 2. The number of benzene rings is 3. The first-order valence-electron chi connectivity index (χ1n) is 11.8. The fraction of sp³-hybridized carbons (Fsp3) is 0.286. The van der Waals surface area contributed by atoms with Crippen molar-refractivity contribution in [3.8, 4) is 23.0 Å². The maximum absolute atomic E-state index is 12.5. The van der Waals surface area contributed by atoms with Crippen LogP contribution in [0.15, 0.2) is 66.7 Å². The molecule has 0 saturated heterocycles. The lowest BCUT2D eigenvalue weighted by molar-refractivity contribution is -0.120. The minimum Gasteiger partial charge on any atom is -0.497 e. The number of imidazole rings is 1. The van der Waals surface area contributed by atoms with Gasteiger partial charge in [0.15, 0.2) is 11.5 Å². The summed E-state index contributed by atoms with van der Waals surface area (Å²) < 4.78 is 23.9. The van der Waals surface area contributed by atoms with Gasteiger partial charge in [0.2, 0.25) is 5.91 Å². The molecule has 1 heterocycles. The van der Waals surface area contributed by atoms with Crippen LogP contribution in [0.2, 0.25) is 0 Å². The van der Waals surface area contributed by atoms with Gasteiger partial charge in [0.05, 0.1) is 45.3 Å². The van der Waals surface area contributed by atoms with Crippen molar-refractivity contribution in [1.82, 2.24) is 14.9 Å². The van der Waals surface area contributed by atoms with Crippen LogP contribution >= 0.6 is 0 Å². The van der Waals surface area contributed by atoms with E-state index in [0.29, 0.717) is 37.6 Å². The molecule has 0 unspecified atom stereocenters. The second-order valence-electron chi connectivity index (χ2n) is 8.16. The molecule has 4 rings (SSSR count). The van der Waals surface area contributed by atoms with Gasteiger partial charge in [-0.1, -0.05) is 18.2 Å². The number of ether oxygens (including phenoxy) is 4. The Kier molecular flexibility index (Phi) is 8.28. The first-order valence-corrected chi connectivity index (χ1v) is 11.8. The van der Waals surface area contributed by atoms with E-state index in [1.54, 1.807) is 27.4 Å². The molecule has 0 radical (unpaired) electrons. The molecular formula is C28H31N3O5. The van der Waals surface area contributed by atoms with E-state index in [0.717, 1.165) is 33.9 Å². The normalized spacial score (nSPS) is 10.8. The van der Waals surface area contributed by atoms with E-state index in [9.17, 15) is 4.79 Å². The minimum atomic E-state index is -0.0623. The predicted octanol–water partition coefficient (Wildman–Crippen LogP) is 4.04. The number of carbonyl (C=O) groups is 1. The van der Waals surface area contributed by atoms with Crippen LogP contribution in [-0.4, -0.2) is 49.9 Å². The second-order valence-corrected chi connectivity index (χ2v) is 8.16. The van der Waals surface area contributed by atoms with Crippen molar-refractivity contribution < 1.29 is 23.7 Å². The molecule has 36 heavy (non-hydrogen) atoms. The molecule has 8 nitrogen and oxygen atoms in total. The summed E-state index contributed by atoms with van der Waals surface area (Å²) in [6, 6.07) is 21.0. The summed E-state index contributed by atoms with van der Waals surface area (Å²) in [7, 11) is 4.80. The van der Waals surface area contributed by atoms with E-state index >= 15 is 0 Å². The van der Waals surface area contributed by atoms with Gasteiger partial charge in [-0.2, -0.15) is 0 Å². The van der Waals surface area contributed by atoms with Gasteiger partial charge in [-0.05, 0) is 54.1 Å². The number of fused-ring (bicyclic) bond motifs is 1. The van der Waals surface area contributed by atoms with E-state index in [-0.39, 0.29) is 12.3 Å². The summed E-state index contributed by atoms with van der Waals surface area (Å²) in [5, 5.41) is 3.00. The fourth-order valence-corrected chi connectivity index (χ4v) is 4.04. The van der Waals surface area contributed by atoms with Gasteiger partial charge in [-0.25, -0.2) is 4.98 Å². The second kappa shape index (κ2) is 12.0. The van der Waals surface area contributed by atoms with Crippen LogP contribution < -0.4 is 24.3 Å². The number of methoxy groups -OCH3 is 3. The van der Waals surface area contributed by atoms with Crippen molar-refractivity contribution in [1.29, 1.82) is 0 Å². The third-order valence-corrected chi connectivity index (χ3v) is 5.86. The largest absolute Gasteiger partial charge is 0.497 e. The van der Waals surface area contributed by atoms with Gasteiger partial charge < -0.3 is 28.8 Å². The Morgan fingerprint density at radius 2 is 1.64 bits per heavy atom. The van der Waals surface area contributed by atoms with Crippen molar-refractivity contribution >= 4 is 16.9 Å². The molecule has 1 aromatic heterocycles. The average molecular weight is 490 g/mol. The molecule has 4 aromatic rings. The maximum Gasteiger partial charge on any atom is 0.224 e. The Bertz CT molecular complexity index is 1300. The van der Waals surface area contributed by atoms with Crippen molar-refractivity contribution in [2.45, 2.75) is 19.4 Å². The molecule has 0 atom stereocenters. The van der Waals surface area contributed by atoms with Gasteiger partial charge in [-0.15, -0.1) is 0 Å². The highest BCUT2D eigenvalue weighted by Crippen LogP contribution is 2.27. The monoisotopic (exact) mass is 489 g/mol. The number of hydrogen-bond donors (Lipinski definition) is 1. The standard InChI is InChI=1S/C28H31N3O5/c1-33-21-9-11-22(12-10-21)36-17-16-31-24-7-5-4-6-23(24)30-27(31)14-15-29-28(32)19-20-8-13-25(34-2)26(18-20)35-3/h4-13,18H,14-17,19H2,1-3H3,(H,29,32). The van der Waals surface area contributed by atoms with Crippen molar-refractivity contribution in [3.05, 3.63) is 78.1 Å². The molecule has 3 aromatic carbocycles. The van der Waals surface area contributed by atoms with Gasteiger partial charge in [0, 0.05) is 13.0 Å². The SMILES string of the molecule is COc1ccc(OCCn2c(CCNC(=O)Cc3ccc(OC)c(OC)c3)nc3ccccc32)cc1. The van der Waals surface area contributed by atoms with Crippen LogP contribution in [0, 0.1) is 0 Å². The third-order valence-electron chi connectivity index (χ3n) is 5.86. The van der Waals surface area contributed by atoms with Crippen LogP contribution in [0.25, 0.3) is 11.0 Å². The molecule has 0 saturated carbocycles. The molecule has 0 fully saturated rings. The number of carbonyl (C=O) groups excluding carboxylic acids is 1. The van der Waals surface area contributed by atoms with Crippen LogP contribution in [-0.2, 0) is 24.2 Å². The molecule has 8 heteroatoms. The highest BCUT2D eigenvalue weighted by molar-refractivity contribution is 5.79. The molecular weight excluding hydrogens is 458 g/mol. The average Bonchev–Trinajstić information content (AvgIpc) is 3.26. The molecule has 188 valence electrons. The minimum absolute atomic E-state index is 0.0623. The number of nitrogens with zero attached hydrogens (tertiary/aromatic N) is 2. The molecule has 0 spiro atoms. The van der Waals surface area contributed by atoms with Crippen molar-refractivity contribution in [3.63, 3.8) is 0 Å². The van der Waals surface area contributed by atoms with E-state index in [2.05, 4.69) is 16.0 Å². The summed E-state index contributed by atoms with van der Waals surface area (Å²) in [6.07, 6.45) is 0.862. The van der Waals surface area contributed by atoms with Crippen molar-refractivity contribution in [2.24, 2.45) is 0 Å². The number of hydrogen-bond acceptors (Lipinski definition) is 6. The quantitative estimate of drug-likeness (QED) is 0.323. The van der Waals surface area contributed by atoms with E-state index < -0.39 is 0 Å². The molecule has 1 N–H and O–H groups in total. The van der Waals surface area contributed by atoms with Crippen LogP contribution in [0.5, 0.6) is 23.0 Å². The highest BCUT2D eigenvalue weighted by Gasteiger charge is 2.12. The number of rotatable bonds is 12. The Morgan fingerprint density at radius 1 is 0.889 bits per heavy atom. The summed E-state index contributed by atoms with van der Waals surface area (Å²) in [5.74, 6) is 3.65. The van der Waals surface area contributed by atoms with Gasteiger partial charge >= 0.3 is 0 Å². The molecule has 0 aliphatic heterocycles. The topological polar surface area (TPSA) is 83.8 Å². The van der Waals surface area contributed by atoms with Crippen LogP contribution in [0.1, 0.15) is 11.4 Å². The lowest BCUT2D eigenvalue weighted by atomic mass is 10.1. The Labute approximate surface area is 210 Å². The smallest absolute Gasteiger partial charge is 0.224 e. The maximum atomic E-state index is 12.5. The summed E-state index contributed by atoms with van der Waals surface area (Å²) >= 11 is 0. The lowest BCUT2D eigenvalue weighted by Crippen LogP contribution is -2.28. The molecule has 0 aliphatic rings. The number of nitrogens with one attached hydrogen (secondary N) is 1. The van der Waals surface area contributed by atoms with E-state index in [4.69, 9.17) is 23.9 Å². The first kappa shape index (κ1) is 24.9. The summed E-state index contributed by atoms with van der Waals surface area (Å²) in [5.41, 5.74) is 2.82. The summed E-state index contributed by atoms with van der Waals surface area (Å²) in [4.78, 5) is 17.3.